The van der Waals surface area contributed by atoms with Crippen LogP contribution in [0.1, 0.15) is 18.4 Å². The summed E-state index contributed by atoms with van der Waals surface area (Å²) >= 11 is 2.31. The lowest BCUT2D eigenvalue weighted by atomic mass is 9.96. The van der Waals surface area contributed by atoms with Crippen LogP contribution < -0.4 is 5.73 Å². The van der Waals surface area contributed by atoms with Crippen molar-refractivity contribution < 1.29 is 5.21 Å². The zero-order valence-electron chi connectivity index (χ0n) is 10.2. The van der Waals surface area contributed by atoms with Crippen molar-refractivity contribution in [3.05, 3.63) is 33.4 Å². The summed E-state index contributed by atoms with van der Waals surface area (Å²) in [5.74, 6) is 0.551. The number of amidine groups is 1. The molecule has 1 unspecified atom stereocenters. The second kappa shape index (κ2) is 6.38. The summed E-state index contributed by atoms with van der Waals surface area (Å²) in [6.45, 7) is 2.90. The molecule has 1 fully saturated rings. The highest BCUT2D eigenvalue weighted by atomic mass is 127. The van der Waals surface area contributed by atoms with Gasteiger partial charge in [0.05, 0.1) is 0 Å². The lowest BCUT2D eigenvalue weighted by Crippen LogP contribution is -2.40. The van der Waals surface area contributed by atoms with Gasteiger partial charge in [0.2, 0.25) is 0 Å². The van der Waals surface area contributed by atoms with Crippen LogP contribution in [0.2, 0.25) is 0 Å². The van der Waals surface area contributed by atoms with Gasteiger partial charge in [0.25, 0.3) is 0 Å². The third kappa shape index (κ3) is 3.58. The fourth-order valence-electron chi connectivity index (χ4n) is 2.37. The Labute approximate surface area is 121 Å². The van der Waals surface area contributed by atoms with Gasteiger partial charge in [0.1, 0.15) is 5.84 Å². The SMILES string of the molecule is NC(=NO)C1CCCN(Cc2ccc(I)cc2)C1. The number of likely N-dealkylation sites (tertiary alicyclic amines) is 1. The van der Waals surface area contributed by atoms with Gasteiger partial charge >= 0.3 is 0 Å². The van der Waals surface area contributed by atoms with Crippen LogP contribution in [0.5, 0.6) is 0 Å². The molecule has 3 N–H and O–H groups in total. The van der Waals surface area contributed by atoms with Crippen molar-refractivity contribution in [3.8, 4) is 0 Å². The van der Waals surface area contributed by atoms with Crippen molar-refractivity contribution in [2.45, 2.75) is 19.4 Å². The van der Waals surface area contributed by atoms with Crippen LogP contribution in [0, 0.1) is 9.49 Å². The molecule has 0 amide bonds. The molecule has 0 radical (unpaired) electrons. The average molecular weight is 359 g/mol. The normalized spacial score (nSPS) is 22.1. The summed E-state index contributed by atoms with van der Waals surface area (Å²) < 4.78 is 1.25. The van der Waals surface area contributed by atoms with Gasteiger partial charge in [-0.05, 0) is 59.7 Å². The highest BCUT2D eigenvalue weighted by molar-refractivity contribution is 14.1. The molecule has 4 nitrogen and oxygen atoms in total. The molecule has 1 aromatic carbocycles. The van der Waals surface area contributed by atoms with E-state index in [4.69, 9.17) is 10.9 Å². The fraction of sp³-hybridized carbons (Fsp3) is 0.462. The Kier molecular flexibility index (Phi) is 4.82. The summed E-state index contributed by atoms with van der Waals surface area (Å²) in [5.41, 5.74) is 7.01. The van der Waals surface area contributed by atoms with E-state index in [0.717, 1.165) is 32.5 Å². The van der Waals surface area contributed by atoms with E-state index in [-0.39, 0.29) is 5.92 Å². The van der Waals surface area contributed by atoms with Gasteiger partial charge in [-0.2, -0.15) is 0 Å². The third-order valence-corrected chi connectivity index (χ3v) is 4.08. The Morgan fingerprint density at radius 1 is 1.44 bits per heavy atom. The van der Waals surface area contributed by atoms with Crippen LogP contribution in [-0.4, -0.2) is 29.0 Å². The van der Waals surface area contributed by atoms with E-state index in [9.17, 15) is 0 Å². The maximum atomic E-state index is 8.74. The molecule has 1 aromatic rings. The number of halogens is 1. The molecule has 2 rings (SSSR count). The maximum Gasteiger partial charge on any atom is 0.143 e. The van der Waals surface area contributed by atoms with Crippen LogP contribution in [0.3, 0.4) is 0 Å². The summed E-state index contributed by atoms with van der Waals surface area (Å²) in [6, 6.07) is 8.57. The number of hydrogen-bond acceptors (Lipinski definition) is 3. The third-order valence-electron chi connectivity index (χ3n) is 3.36. The van der Waals surface area contributed by atoms with E-state index in [1.165, 1.54) is 9.13 Å². The maximum absolute atomic E-state index is 8.74. The van der Waals surface area contributed by atoms with Crippen molar-refractivity contribution in [2.24, 2.45) is 16.8 Å². The molecule has 98 valence electrons. The predicted molar refractivity (Wildman–Crippen MR) is 80.6 cm³/mol. The summed E-state index contributed by atoms with van der Waals surface area (Å²) in [6.07, 6.45) is 2.12. The minimum atomic E-state index is 0.188. The first-order valence-corrected chi connectivity index (χ1v) is 7.21. The molecule has 1 aliphatic heterocycles. The van der Waals surface area contributed by atoms with E-state index < -0.39 is 0 Å². The number of nitrogens with two attached hydrogens (primary N) is 1. The second-order valence-corrected chi connectivity index (χ2v) is 5.97. The van der Waals surface area contributed by atoms with E-state index in [1.54, 1.807) is 0 Å². The highest BCUT2D eigenvalue weighted by Crippen LogP contribution is 2.19. The molecule has 5 heteroatoms. The molecular formula is C13H18IN3O. The van der Waals surface area contributed by atoms with Gasteiger partial charge in [-0.25, -0.2) is 0 Å². The first-order chi connectivity index (χ1) is 8.69. The molecule has 1 atom stereocenters. The quantitative estimate of drug-likeness (QED) is 0.286. The number of oxime groups is 1. The first kappa shape index (κ1) is 13.6. The van der Waals surface area contributed by atoms with Crippen molar-refractivity contribution in [2.75, 3.05) is 13.1 Å². The minimum absolute atomic E-state index is 0.188. The molecule has 0 saturated carbocycles. The number of benzene rings is 1. The van der Waals surface area contributed by atoms with Crippen LogP contribution in [0.15, 0.2) is 29.4 Å². The Morgan fingerprint density at radius 3 is 2.83 bits per heavy atom. The summed E-state index contributed by atoms with van der Waals surface area (Å²) in [4.78, 5) is 2.37. The Hall–Kier alpha value is -0.820. The number of rotatable bonds is 3. The van der Waals surface area contributed by atoms with Gasteiger partial charge in [-0.1, -0.05) is 17.3 Å². The predicted octanol–water partition coefficient (Wildman–Crippen LogP) is 2.25. The van der Waals surface area contributed by atoms with E-state index in [0.29, 0.717) is 5.84 Å². The van der Waals surface area contributed by atoms with Crippen LogP contribution >= 0.6 is 22.6 Å². The Bertz CT molecular complexity index is 419. The zero-order chi connectivity index (χ0) is 13.0. The fourth-order valence-corrected chi connectivity index (χ4v) is 2.73. The van der Waals surface area contributed by atoms with E-state index in [1.807, 2.05) is 0 Å². The zero-order valence-corrected chi connectivity index (χ0v) is 12.4. The highest BCUT2D eigenvalue weighted by Gasteiger charge is 2.22. The van der Waals surface area contributed by atoms with Crippen LogP contribution in [-0.2, 0) is 6.54 Å². The van der Waals surface area contributed by atoms with E-state index in [2.05, 4.69) is 56.9 Å². The number of hydrogen-bond donors (Lipinski definition) is 2. The lowest BCUT2D eigenvalue weighted by Gasteiger charge is -2.32. The van der Waals surface area contributed by atoms with Crippen LogP contribution in [0.25, 0.3) is 0 Å². The van der Waals surface area contributed by atoms with Gasteiger partial charge in [0.15, 0.2) is 0 Å². The molecule has 0 aromatic heterocycles. The summed E-state index contributed by atoms with van der Waals surface area (Å²) in [7, 11) is 0. The average Bonchev–Trinajstić information content (AvgIpc) is 2.41. The molecule has 0 spiro atoms. The minimum Gasteiger partial charge on any atom is -0.409 e. The first-order valence-electron chi connectivity index (χ1n) is 6.13. The molecule has 1 saturated heterocycles. The standard InChI is InChI=1S/C13H18IN3O/c14-12-5-3-10(4-6-12)8-17-7-1-2-11(9-17)13(15)16-18/h3-6,11,18H,1-2,7-9H2,(H2,15,16). The molecule has 1 heterocycles. The molecule has 0 aliphatic carbocycles. The van der Waals surface area contributed by atoms with Gasteiger partial charge < -0.3 is 10.9 Å². The topological polar surface area (TPSA) is 61.9 Å². The smallest absolute Gasteiger partial charge is 0.143 e. The van der Waals surface area contributed by atoms with Crippen molar-refractivity contribution in [1.29, 1.82) is 0 Å². The van der Waals surface area contributed by atoms with Crippen molar-refractivity contribution in [1.82, 2.24) is 4.90 Å². The molecular weight excluding hydrogens is 341 g/mol. The van der Waals surface area contributed by atoms with Crippen molar-refractivity contribution >= 4 is 28.4 Å². The van der Waals surface area contributed by atoms with Gasteiger partial charge in [-0.3, -0.25) is 4.90 Å². The lowest BCUT2D eigenvalue weighted by molar-refractivity contribution is 0.193. The Morgan fingerprint density at radius 2 is 2.17 bits per heavy atom. The van der Waals surface area contributed by atoms with Gasteiger partial charge in [0, 0.05) is 22.6 Å². The number of nitrogens with zero attached hydrogens (tertiary/aromatic N) is 2. The monoisotopic (exact) mass is 359 g/mol. The van der Waals surface area contributed by atoms with Crippen LogP contribution in [0.4, 0.5) is 0 Å². The van der Waals surface area contributed by atoms with Crippen molar-refractivity contribution in [3.63, 3.8) is 0 Å². The Balaban J connectivity index is 1.95. The molecule has 0 bridgehead atoms. The summed E-state index contributed by atoms with van der Waals surface area (Å²) in [5, 5.41) is 11.9. The van der Waals surface area contributed by atoms with Gasteiger partial charge in [-0.15, -0.1) is 0 Å². The molecule has 1 aliphatic rings. The molecule has 18 heavy (non-hydrogen) atoms. The second-order valence-electron chi connectivity index (χ2n) is 4.73. The largest absolute Gasteiger partial charge is 0.409 e. The number of piperidine rings is 1. The van der Waals surface area contributed by atoms with E-state index >= 15 is 0 Å².